The molecule has 2 unspecified atom stereocenters. The van der Waals surface area contributed by atoms with Crippen LogP contribution in [0.5, 0.6) is 0 Å². The maximum atomic E-state index is 12.8. The molecule has 0 radical (unpaired) electrons. The molecule has 0 saturated carbocycles. The second kappa shape index (κ2) is 5.53. The van der Waals surface area contributed by atoms with E-state index in [0.29, 0.717) is 12.5 Å². The number of halogens is 3. The summed E-state index contributed by atoms with van der Waals surface area (Å²) in [4.78, 5) is 0. The van der Waals surface area contributed by atoms with Gasteiger partial charge in [0, 0.05) is 6.04 Å². The van der Waals surface area contributed by atoms with Crippen molar-refractivity contribution >= 4 is 0 Å². The van der Waals surface area contributed by atoms with Crippen LogP contribution in [-0.4, -0.2) is 12.7 Å². The average Bonchev–Trinajstić information content (AvgIpc) is 2.38. The first-order valence-corrected chi connectivity index (χ1v) is 6.78. The maximum Gasteiger partial charge on any atom is 0.391 e. The number of nitrogens with one attached hydrogen (secondary N) is 1. The van der Waals surface area contributed by atoms with Crippen LogP contribution in [0.25, 0.3) is 0 Å². The van der Waals surface area contributed by atoms with E-state index < -0.39 is 12.1 Å². The van der Waals surface area contributed by atoms with Crippen LogP contribution >= 0.6 is 0 Å². The Kier molecular flexibility index (Phi) is 4.19. The lowest BCUT2D eigenvalue weighted by molar-refractivity contribution is -0.183. The van der Waals surface area contributed by atoms with Gasteiger partial charge in [0.05, 0.1) is 5.92 Å². The van der Waals surface area contributed by atoms with Crippen LogP contribution in [-0.2, 0) is 0 Å². The van der Waals surface area contributed by atoms with E-state index in [1.165, 1.54) is 5.56 Å². The second-order valence-electron chi connectivity index (χ2n) is 5.59. The summed E-state index contributed by atoms with van der Waals surface area (Å²) in [6.45, 7) is 4.64. The van der Waals surface area contributed by atoms with Crippen molar-refractivity contribution in [1.82, 2.24) is 5.32 Å². The van der Waals surface area contributed by atoms with Crippen LogP contribution in [0.4, 0.5) is 13.2 Å². The molecular weight excluding hydrogens is 251 g/mol. The largest absolute Gasteiger partial charge is 0.391 e. The third kappa shape index (κ3) is 3.50. The highest BCUT2D eigenvalue weighted by molar-refractivity contribution is 5.27. The van der Waals surface area contributed by atoms with Gasteiger partial charge in [0.15, 0.2) is 0 Å². The Labute approximate surface area is 112 Å². The molecule has 1 nitrogen and oxygen atoms in total. The molecule has 0 amide bonds. The fourth-order valence-corrected chi connectivity index (χ4v) is 2.58. The second-order valence-corrected chi connectivity index (χ2v) is 5.59. The summed E-state index contributed by atoms with van der Waals surface area (Å²) in [5.74, 6) is -0.736. The minimum atomic E-state index is -4.07. The molecule has 19 heavy (non-hydrogen) atoms. The Bertz CT molecular complexity index is 408. The molecule has 1 aliphatic rings. The van der Waals surface area contributed by atoms with E-state index in [2.05, 4.69) is 19.2 Å². The third-order valence-corrected chi connectivity index (χ3v) is 3.87. The molecule has 1 fully saturated rings. The molecule has 2 rings (SSSR count). The molecule has 0 aliphatic carbocycles. The Morgan fingerprint density at radius 2 is 1.79 bits per heavy atom. The van der Waals surface area contributed by atoms with Gasteiger partial charge in [-0.3, -0.25) is 0 Å². The van der Waals surface area contributed by atoms with Crippen LogP contribution < -0.4 is 5.32 Å². The van der Waals surface area contributed by atoms with E-state index in [9.17, 15) is 13.2 Å². The predicted molar refractivity (Wildman–Crippen MR) is 70.1 cm³/mol. The standard InChI is InChI=1S/C15H20F3N/c1-10(2)11-3-5-12(6-4-11)14-9-13(7-8-19-14)15(16,17)18/h3-6,10,13-14,19H,7-9H2,1-2H3. The molecule has 1 saturated heterocycles. The summed E-state index contributed by atoms with van der Waals surface area (Å²) in [5, 5.41) is 3.19. The molecule has 1 aliphatic heterocycles. The van der Waals surface area contributed by atoms with Gasteiger partial charge >= 0.3 is 6.18 Å². The summed E-state index contributed by atoms with van der Waals surface area (Å²) < 4.78 is 38.3. The zero-order valence-electron chi connectivity index (χ0n) is 11.3. The SMILES string of the molecule is CC(C)c1ccc(C2CC(C(F)(F)F)CCN2)cc1. The lowest BCUT2D eigenvalue weighted by Gasteiger charge is -2.32. The summed E-state index contributed by atoms with van der Waals surface area (Å²) in [6.07, 6.45) is -3.74. The molecule has 1 heterocycles. The molecule has 1 N–H and O–H groups in total. The van der Waals surface area contributed by atoms with Crippen molar-refractivity contribution in [1.29, 1.82) is 0 Å². The quantitative estimate of drug-likeness (QED) is 0.840. The van der Waals surface area contributed by atoms with E-state index in [1.807, 2.05) is 24.3 Å². The fraction of sp³-hybridized carbons (Fsp3) is 0.600. The van der Waals surface area contributed by atoms with Gasteiger partial charge in [-0.1, -0.05) is 38.1 Å². The molecule has 2 atom stereocenters. The number of piperidine rings is 1. The smallest absolute Gasteiger partial charge is 0.310 e. The van der Waals surface area contributed by atoms with E-state index in [1.54, 1.807) is 0 Å². The summed E-state index contributed by atoms with van der Waals surface area (Å²) >= 11 is 0. The van der Waals surface area contributed by atoms with Gasteiger partial charge in [-0.2, -0.15) is 13.2 Å². The monoisotopic (exact) mass is 271 g/mol. The molecule has 0 bridgehead atoms. The zero-order chi connectivity index (χ0) is 14.0. The topological polar surface area (TPSA) is 12.0 Å². The number of alkyl halides is 3. The minimum Gasteiger partial charge on any atom is -0.310 e. The van der Waals surface area contributed by atoms with E-state index in [-0.39, 0.29) is 18.9 Å². The van der Waals surface area contributed by atoms with Crippen molar-refractivity contribution in [2.24, 2.45) is 5.92 Å². The lowest BCUT2D eigenvalue weighted by atomic mass is 9.87. The van der Waals surface area contributed by atoms with Crippen LogP contribution in [0.3, 0.4) is 0 Å². The number of rotatable bonds is 2. The van der Waals surface area contributed by atoms with Crippen molar-refractivity contribution < 1.29 is 13.2 Å². The van der Waals surface area contributed by atoms with Crippen molar-refractivity contribution in [3.05, 3.63) is 35.4 Å². The van der Waals surface area contributed by atoms with E-state index in [0.717, 1.165) is 5.56 Å². The Hall–Kier alpha value is -1.03. The maximum absolute atomic E-state index is 12.8. The number of hydrogen-bond donors (Lipinski definition) is 1. The Balaban J connectivity index is 2.09. The Morgan fingerprint density at radius 1 is 1.16 bits per heavy atom. The molecule has 1 aromatic carbocycles. The predicted octanol–water partition coefficient (Wildman–Crippen LogP) is 4.41. The molecule has 1 aromatic rings. The minimum absolute atomic E-state index is 0.143. The van der Waals surface area contributed by atoms with Gasteiger partial charge in [-0.05, 0) is 36.4 Å². The van der Waals surface area contributed by atoms with Crippen LogP contribution in [0.15, 0.2) is 24.3 Å². The number of benzene rings is 1. The van der Waals surface area contributed by atoms with Gasteiger partial charge in [0.1, 0.15) is 0 Å². The highest BCUT2D eigenvalue weighted by Gasteiger charge is 2.42. The van der Waals surface area contributed by atoms with Gasteiger partial charge in [0.25, 0.3) is 0 Å². The van der Waals surface area contributed by atoms with Gasteiger partial charge in [-0.15, -0.1) is 0 Å². The van der Waals surface area contributed by atoms with Crippen molar-refractivity contribution in [3.8, 4) is 0 Å². The molecular formula is C15H20F3N. The van der Waals surface area contributed by atoms with E-state index >= 15 is 0 Å². The average molecular weight is 271 g/mol. The van der Waals surface area contributed by atoms with Crippen molar-refractivity contribution in [3.63, 3.8) is 0 Å². The van der Waals surface area contributed by atoms with Crippen molar-refractivity contribution in [2.45, 2.75) is 44.8 Å². The van der Waals surface area contributed by atoms with Gasteiger partial charge in [-0.25, -0.2) is 0 Å². The molecule has 106 valence electrons. The van der Waals surface area contributed by atoms with Crippen LogP contribution in [0.2, 0.25) is 0 Å². The summed E-state index contributed by atoms with van der Waals surface area (Å²) in [6, 6.07) is 7.75. The summed E-state index contributed by atoms with van der Waals surface area (Å²) in [5.41, 5.74) is 2.17. The van der Waals surface area contributed by atoms with E-state index in [4.69, 9.17) is 0 Å². The first kappa shape index (κ1) is 14.4. The number of hydrogen-bond acceptors (Lipinski definition) is 1. The molecule has 4 heteroatoms. The molecule has 0 spiro atoms. The lowest BCUT2D eigenvalue weighted by Crippen LogP contribution is -2.38. The Morgan fingerprint density at radius 3 is 2.32 bits per heavy atom. The van der Waals surface area contributed by atoms with Crippen LogP contribution in [0.1, 0.15) is 49.8 Å². The van der Waals surface area contributed by atoms with Gasteiger partial charge < -0.3 is 5.32 Å². The van der Waals surface area contributed by atoms with Crippen LogP contribution in [0, 0.1) is 5.92 Å². The summed E-state index contributed by atoms with van der Waals surface area (Å²) in [7, 11) is 0. The highest BCUT2D eigenvalue weighted by atomic mass is 19.4. The third-order valence-electron chi connectivity index (χ3n) is 3.87. The first-order chi connectivity index (χ1) is 8.88. The zero-order valence-corrected chi connectivity index (χ0v) is 11.3. The highest BCUT2D eigenvalue weighted by Crippen LogP contribution is 2.38. The molecule has 0 aromatic heterocycles. The normalized spacial score (nSPS) is 24.7. The van der Waals surface area contributed by atoms with Gasteiger partial charge in [0.2, 0.25) is 0 Å². The fourth-order valence-electron chi connectivity index (χ4n) is 2.58. The first-order valence-electron chi connectivity index (χ1n) is 6.78. The van der Waals surface area contributed by atoms with Crippen molar-refractivity contribution in [2.75, 3.05) is 6.54 Å².